The molecule has 0 saturated heterocycles. The molecule has 1 aromatic heterocycles. The van der Waals surface area contributed by atoms with E-state index in [0.717, 1.165) is 6.42 Å². The molecule has 0 bridgehead atoms. The van der Waals surface area contributed by atoms with Gasteiger partial charge in [-0.25, -0.2) is 4.98 Å². The van der Waals surface area contributed by atoms with E-state index in [1.165, 1.54) is 16.0 Å². The smallest absolute Gasteiger partial charge is 0.238 e. The fourth-order valence-corrected chi connectivity index (χ4v) is 3.63. The Hall–Kier alpha value is -2.01. The largest absolute Gasteiger partial charge is 0.480 e. The SMILES string of the molecule is COc1ncccc1NC(=O)[C@@H]1Cc2ccc(C)cc2S1. The van der Waals surface area contributed by atoms with Crippen molar-refractivity contribution < 1.29 is 9.53 Å². The number of methoxy groups -OCH3 is 1. The van der Waals surface area contributed by atoms with E-state index in [9.17, 15) is 4.79 Å². The normalized spacial score (nSPS) is 16.4. The highest BCUT2D eigenvalue weighted by Crippen LogP contribution is 2.38. The van der Waals surface area contributed by atoms with Crippen molar-refractivity contribution in [3.8, 4) is 5.88 Å². The molecule has 2 aromatic rings. The number of benzene rings is 1. The average molecular weight is 300 g/mol. The number of hydrogen-bond donors (Lipinski definition) is 1. The van der Waals surface area contributed by atoms with Gasteiger partial charge in [0.15, 0.2) is 0 Å². The summed E-state index contributed by atoms with van der Waals surface area (Å²) >= 11 is 1.62. The number of aryl methyl sites for hydroxylation is 1. The molecular formula is C16H16N2O2S. The van der Waals surface area contributed by atoms with Gasteiger partial charge in [0.1, 0.15) is 5.69 Å². The molecule has 108 valence electrons. The highest BCUT2D eigenvalue weighted by Gasteiger charge is 2.28. The fourth-order valence-electron chi connectivity index (χ4n) is 2.34. The van der Waals surface area contributed by atoms with Gasteiger partial charge in [-0.2, -0.15) is 0 Å². The Morgan fingerprint density at radius 2 is 2.29 bits per heavy atom. The Morgan fingerprint density at radius 1 is 1.43 bits per heavy atom. The molecule has 0 saturated carbocycles. The van der Waals surface area contributed by atoms with Gasteiger partial charge in [0.25, 0.3) is 0 Å². The standard InChI is InChI=1S/C16H16N2O2S/c1-10-5-6-11-9-14(21-13(11)8-10)15(19)18-12-4-3-7-17-16(12)20-2/h3-8,14H,9H2,1-2H3,(H,18,19)/t14-/m0/s1. The predicted molar refractivity (Wildman–Crippen MR) is 83.9 cm³/mol. The molecule has 2 heterocycles. The van der Waals surface area contributed by atoms with Crippen molar-refractivity contribution in [2.24, 2.45) is 0 Å². The van der Waals surface area contributed by atoms with Crippen molar-refractivity contribution in [1.29, 1.82) is 0 Å². The zero-order valence-electron chi connectivity index (χ0n) is 11.9. The van der Waals surface area contributed by atoms with Crippen LogP contribution in [0.2, 0.25) is 0 Å². The van der Waals surface area contributed by atoms with Crippen LogP contribution in [0.25, 0.3) is 0 Å². The van der Waals surface area contributed by atoms with E-state index in [4.69, 9.17) is 4.74 Å². The minimum atomic E-state index is -0.105. The molecule has 1 aliphatic rings. The quantitative estimate of drug-likeness (QED) is 0.946. The van der Waals surface area contributed by atoms with Crippen molar-refractivity contribution in [2.45, 2.75) is 23.5 Å². The summed E-state index contributed by atoms with van der Waals surface area (Å²) in [6.45, 7) is 2.06. The van der Waals surface area contributed by atoms with Gasteiger partial charge in [0, 0.05) is 11.1 Å². The molecule has 0 radical (unpaired) electrons. The second-order valence-corrected chi connectivity index (χ2v) is 6.22. The van der Waals surface area contributed by atoms with Crippen LogP contribution in [0.3, 0.4) is 0 Å². The van der Waals surface area contributed by atoms with Crippen LogP contribution >= 0.6 is 11.8 Å². The summed E-state index contributed by atoms with van der Waals surface area (Å²) in [5, 5.41) is 2.80. The van der Waals surface area contributed by atoms with Gasteiger partial charge < -0.3 is 10.1 Å². The molecule has 0 unspecified atom stereocenters. The second kappa shape index (κ2) is 5.77. The maximum absolute atomic E-state index is 12.4. The predicted octanol–water partition coefficient (Wildman–Crippen LogP) is 3.05. The summed E-state index contributed by atoms with van der Waals surface area (Å²) in [5.41, 5.74) is 3.07. The highest BCUT2D eigenvalue weighted by atomic mass is 32.2. The van der Waals surface area contributed by atoms with Crippen molar-refractivity contribution in [3.63, 3.8) is 0 Å². The summed E-state index contributed by atoms with van der Waals surface area (Å²) in [5.74, 6) is 0.419. The lowest BCUT2D eigenvalue weighted by molar-refractivity contribution is -0.115. The molecule has 0 aliphatic carbocycles. The van der Waals surface area contributed by atoms with Crippen LogP contribution in [0, 0.1) is 6.92 Å². The van der Waals surface area contributed by atoms with E-state index in [2.05, 4.69) is 35.4 Å². The third-order valence-corrected chi connectivity index (χ3v) is 4.71. The Labute approximate surface area is 127 Å². The molecule has 0 spiro atoms. The van der Waals surface area contributed by atoms with Crippen LogP contribution in [0.4, 0.5) is 5.69 Å². The number of nitrogens with one attached hydrogen (secondary N) is 1. The topological polar surface area (TPSA) is 51.2 Å². The number of anilines is 1. The number of carbonyl (C=O) groups excluding carboxylic acids is 1. The van der Waals surface area contributed by atoms with Crippen LogP contribution in [-0.4, -0.2) is 23.3 Å². The van der Waals surface area contributed by atoms with Crippen LogP contribution in [0.5, 0.6) is 5.88 Å². The number of amides is 1. The first-order valence-corrected chi connectivity index (χ1v) is 7.61. The Morgan fingerprint density at radius 3 is 3.10 bits per heavy atom. The van der Waals surface area contributed by atoms with E-state index < -0.39 is 0 Å². The zero-order chi connectivity index (χ0) is 14.8. The summed E-state index contributed by atoms with van der Waals surface area (Å²) < 4.78 is 5.15. The van der Waals surface area contributed by atoms with Gasteiger partial charge >= 0.3 is 0 Å². The third kappa shape index (κ3) is 2.88. The number of ether oxygens (including phenoxy) is 1. The van der Waals surface area contributed by atoms with Gasteiger partial charge in [-0.15, -0.1) is 11.8 Å². The first kappa shape index (κ1) is 13.9. The van der Waals surface area contributed by atoms with Crippen molar-refractivity contribution in [3.05, 3.63) is 47.7 Å². The second-order valence-electron chi connectivity index (χ2n) is 4.97. The first-order chi connectivity index (χ1) is 10.2. The number of aromatic nitrogens is 1. The molecule has 21 heavy (non-hydrogen) atoms. The van der Waals surface area contributed by atoms with Gasteiger partial charge in [-0.1, -0.05) is 17.7 Å². The first-order valence-electron chi connectivity index (χ1n) is 6.73. The Balaban J connectivity index is 1.73. The average Bonchev–Trinajstić information content (AvgIpc) is 2.91. The van der Waals surface area contributed by atoms with Gasteiger partial charge in [0.05, 0.1) is 12.4 Å². The zero-order valence-corrected chi connectivity index (χ0v) is 12.7. The van der Waals surface area contributed by atoms with E-state index in [-0.39, 0.29) is 11.2 Å². The van der Waals surface area contributed by atoms with Crippen LogP contribution in [-0.2, 0) is 11.2 Å². The third-order valence-electron chi connectivity index (χ3n) is 3.41. The van der Waals surface area contributed by atoms with Crippen molar-refractivity contribution >= 4 is 23.4 Å². The number of thioether (sulfide) groups is 1. The number of pyridine rings is 1. The van der Waals surface area contributed by atoms with E-state index in [1.807, 2.05) is 0 Å². The molecule has 5 heteroatoms. The summed E-state index contributed by atoms with van der Waals surface area (Å²) in [6.07, 6.45) is 2.39. The van der Waals surface area contributed by atoms with Gasteiger partial charge in [-0.3, -0.25) is 4.79 Å². The molecule has 3 rings (SSSR count). The molecule has 1 atom stereocenters. The molecule has 0 fully saturated rings. The number of nitrogens with zero attached hydrogens (tertiary/aromatic N) is 1. The minimum Gasteiger partial charge on any atom is -0.480 e. The van der Waals surface area contributed by atoms with E-state index in [1.54, 1.807) is 37.2 Å². The number of rotatable bonds is 3. The number of fused-ring (bicyclic) bond motifs is 1. The molecule has 4 nitrogen and oxygen atoms in total. The fraction of sp³-hybridized carbons (Fsp3) is 0.250. The number of hydrogen-bond acceptors (Lipinski definition) is 4. The lowest BCUT2D eigenvalue weighted by atomic mass is 10.1. The molecule has 1 amide bonds. The van der Waals surface area contributed by atoms with E-state index in [0.29, 0.717) is 11.6 Å². The summed E-state index contributed by atoms with van der Waals surface area (Å²) in [7, 11) is 1.54. The van der Waals surface area contributed by atoms with Crippen LogP contribution in [0.1, 0.15) is 11.1 Å². The minimum absolute atomic E-state index is 0.0137. The highest BCUT2D eigenvalue weighted by molar-refractivity contribution is 8.01. The summed E-state index contributed by atoms with van der Waals surface area (Å²) in [6, 6.07) is 9.90. The molecule has 1 aromatic carbocycles. The van der Waals surface area contributed by atoms with Crippen LogP contribution < -0.4 is 10.1 Å². The summed E-state index contributed by atoms with van der Waals surface area (Å²) in [4.78, 5) is 17.7. The van der Waals surface area contributed by atoms with Crippen molar-refractivity contribution in [2.75, 3.05) is 12.4 Å². The van der Waals surface area contributed by atoms with Crippen molar-refractivity contribution in [1.82, 2.24) is 4.98 Å². The number of carbonyl (C=O) groups is 1. The monoisotopic (exact) mass is 300 g/mol. The Bertz CT molecular complexity index is 688. The maximum Gasteiger partial charge on any atom is 0.238 e. The molecular weight excluding hydrogens is 284 g/mol. The lowest BCUT2D eigenvalue weighted by Gasteiger charge is -2.11. The molecule has 1 aliphatic heterocycles. The maximum atomic E-state index is 12.4. The lowest BCUT2D eigenvalue weighted by Crippen LogP contribution is -2.25. The van der Waals surface area contributed by atoms with Gasteiger partial charge in [-0.05, 0) is 37.1 Å². The van der Waals surface area contributed by atoms with Crippen LogP contribution in [0.15, 0.2) is 41.4 Å². The van der Waals surface area contributed by atoms with E-state index >= 15 is 0 Å². The van der Waals surface area contributed by atoms with Gasteiger partial charge in [0.2, 0.25) is 11.8 Å². The Kier molecular flexibility index (Phi) is 3.84. The molecule has 1 N–H and O–H groups in total.